The lowest BCUT2D eigenvalue weighted by Crippen LogP contribution is -2.30. The van der Waals surface area contributed by atoms with Gasteiger partial charge in [-0.1, -0.05) is 31.9 Å². The van der Waals surface area contributed by atoms with Gasteiger partial charge in [-0.15, -0.1) is 0 Å². The molecule has 4 unspecified atom stereocenters. The summed E-state index contributed by atoms with van der Waals surface area (Å²) < 4.78 is 19.6. The van der Waals surface area contributed by atoms with Gasteiger partial charge in [0.15, 0.2) is 0 Å². The molecular formula is C24H29FO2. The molecule has 0 aliphatic heterocycles. The van der Waals surface area contributed by atoms with E-state index < -0.39 is 5.97 Å². The molecule has 0 heterocycles. The maximum atomic E-state index is 14.8. The Bertz CT molecular complexity index is 844. The zero-order valence-corrected chi connectivity index (χ0v) is 16.3. The van der Waals surface area contributed by atoms with Crippen LogP contribution in [0.15, 0.2) is 30.3 Å². The Morgan fingerprint density at radius 2 is 1.85 bits per heavy atom. The Labute approximate surface area is 161 Å². The number of methoxy groups -OCH3 is 1. The van der Waals surface area contributed by atoms with Gasteiger partial charge in [0.1, 0.15) is 5.82 Å². The molecule has 2 aromatic rings. The second-order valence-corrected chi connectivity index (χ2v) is 8.55. The van der Waals surface area contributed by atoms with Gasteiger partial charge in [-0.3, -0.25) is 0 Å². The van der Waals surface area contributed by atoms with Gasteiger partial charge in [0.05, 0.1) is 12.7 Å². The zero-order valence-electron chi connectivity index (χ0n) is 16.3. The van der Waals surface area contributed by atoms with Gasteiger partial charge >= 0.3 is 5.97 Å². The Balaban J connectivity index is 1.57. The van der Waals surface area contributed by atoms with Crippen molar-refractivity contribution in [3.05, 3.63) is 47.3 Å². The van der Waals surface area contributed by atoms with Crippen molar-refractivity contribution in [1.82, 2.24) is 0 Å². The van der Waals surface area contributed by atoms with E-state index in [1.165, 1.54) is 52.1 Å². The lowest BCUT2D eigenvalue weighted by molar-refractivity contribution is 0.0601. The van der Waals surface area contributed by atoms with Gasteiger partial charge in [0, 0.05) is 5.39 Å². The Morgan fingerprint density at radius 3 is 2.63 bits per heavy atom. The number of hydrogen-bond donors (Lipinski definition) is 0. The number of fused-ring (bicyclic) bond motifs is 2. The van der Waals surface area contributed by atoms with E-state index >= 15 is 0 Å². The molecule has 3 heteroatoms. The Hall–Kier alpha value is -1.90. The van der Waals surface area contributed by atoms with Crippen molar-refractivity contribution in [2.45, 2.75) is 57.8 Å². The molecule has 2 saturated carbocycles. The van der Waals surface area contributed by atoms with Gasteiger partial charge in [0.25, 0.3) is 0 Å². The molecule has 0 amide bonds. The summed E-state index contributed by atoms with van der Waals surface area (Å²) in [6, 6.07) is 8.99. The molecule has 2 aromatic carbocycles. The summed E-state index contributed by atoms with van der Waals surface area (Å²) in [4.78, 5) is 11.7. The summed E-state index contributed by atoms with van der Waals surface area (Å²) in [7, 11) is 1.34. The third kappa shape index (κ3) is 3.61. The van der Waals surface area contributed by atoms with E-state index in [2.05, 4.69) is 13.0 Å². The molecule has 0 aromatic heterocycles. The number of hydrogen-bond acceptors (Lipinski definition) is 2. The summed E-state index contributed by atoms with van der Waals surface area (Å²) in [5.41, 5.74) is 1.52. The molecule has 2 fully saturated rings. The minimum absolute atomic E-state index is 0.231. The fraction of sp³-hybridized carbons (Fsp3) is 0.542. The first-order valence-electron chi connectivity index (χ1n) is 10.4. The van der Waals surface area contributed by atoms with Gasteiger partial charge < -0.3 is 4.74 Å². The fourth-order valence-corrected chi connectivity index (χ4v) is 5.47. The normalized spacial score (nSPS) is 28.0. The molecule has 2 aliphatic rings. The van der Waals surface area contributed by atoms with Crippen LogP contribution in [0.4, 0.5) is 4.39 Å². The molecule has 27 heavy (non-hydrogen) atoms. The van der Waals surface area contributed by atoms with Crippen LogP contribution in [0.25, 0.3) is 10.8 Å². The van der Waals surface area contributed by atoms with E-state index in [0.717, 1.165) is 28.7 Å². The largest absolute Gasteiger partial charge is 0.465 e. The number of benzene rings is 2. The molecule has 2 nitrogen and oxygen atoms in total. The first-order valence-corrected chi connectivity index (χ1v) is 10.4. The highest BCUT2D eigenvalue weighted by Gasteiger charge is 2.35. The molecule has 144 valence electrons. The number of carbonyl (C=O) groups excluding carboxylic acids is 1. The van der Waals surface area contributed by atoms with Gasteiger partial charge in [-0.05, 0) is 84.9 Å². The van der Waals surface area contributed by atoms with E-state index in [-0.39, 0.29) is 5.82 Å². The quantitative estimate of drug-likeness (QED) is 0.580. The van der Waals surface area contributed by atoms with E-state index in [4.69, 9.17) is 4.74 Å². The standard InChI is InChI=1S/C24H29FO2/c1-3-15-4-5-17-11-18(7-6-16(17)10-15)21-12-19-8-9-20(24(26)27-2)13-22(19)23(25)14-21/h8-9,12-18H,3-7,10-11H2,1-2H3. The smallest absolute Gasteiger partial charge is 0.337 e. The fourth-order valence-electron chi connectivity index (χ4n) is 5.47. The van der Waals surface area contributed by atoms with Crippen LogP contribution in [0.2, 0.25) is 0 Å². The van der Waals surface area contributed by atoms with Crippen LogP contribution in [-0.2, 0) is 4.74 Å². The van der Waals surface area contributed by atoms with Crippen LogP contribution in [0.3, 0.4) is 0 Å². The SMILES string of the molecule is CCC1CCC2CC(c3cc(F)c4cc(C(=O)OC)ccc4c3)CCC2C1. The second kappa shape index (κ2) is 7.61. The number of esters is 1. The first kappa shape index (κ1) is 18.5. The number of carbonyl (C=O) groups is 1. The van der Waals surface area contributed by atoms with Crippen molar-refractivity contribution in [2.24, 2.45) is 17.8 Å². The lowest BCUT2D eigenvalue weighted by atomic mass is 9.63. The summed E-state index contributed by atoms with van der Waals surface area (Å²) >= 11 is 0. The molecule has 4 rings (SSSR count). The van der Waals surface area contributed by atoms with E-state index in [1.54, 1.807) is 18.2 Å². The zero-order chi connectivity index (χ0) is 19.0. The molecule has 2 aliphatic carbocycles. The summed E-state index contributed by atoms with van der Waals surface area (Å²) in [6.07, 6.45) is 9.08. The minimum Gasteiger partial charge on any atom is -0.465 e. The van der Waals surface area contributed by atoms with Crippen molar-refractivity contribution in [1.29, 1.82) is 0 Å². The average molecular weight is 368 g/mol. The predicted molar refractivity (Wildman–Crippen MR) is 106 cm³/mol. The van der Waals surface area contributed by atoms with Crippen molar-refractivity contribution in [3.8, 4) is 0 Å². The van der Waals surface area contributed by atoms with Gasteiger partial charge in [0.2, 0.25) is 0 Å². The van der Waals surface area contributed by atoms with Crippen LogP contribution in [0.1, 0.15) is 73.7 Å². The maximum absolute atomic E-state index is 14.8. The molecule has 0 saturated heterocycles. The van der Waals surface area contributed by atoms with Crippen molar-refractivity contribution < 1.29 is 13.9 Å². The molecule has 0 bridgehead atoms. The van der Waals surface area contributed by atoms with Crippen LogP contribution < -0.4 is 0 Å². The van der Waals surface area contributed by atoms with Crippen molar-refractivity contribution >= 4 is 16.7 Å². The van der Waals surface area contributed by atoms with Gasteiger partial charge in [-0.2, -0.15) is 0 Å². The lowest BCUT2D eigenvalue weighted by Gasteiger charge is -2.42. The predicted octanol–water partition coefficient (Wildman–Crippen LogP) is 6.48. The molecule has 0 radical (unpaired) electrons. The van der Waals surface area contributed by atoms with Crippen molar-refractivity contribution in [2.75, 3.05) is 7.11 Å². The highest BCUT2D eigenvalue weighted by molar-refractivity contribution is 5.95. The molecule has 4 atom stereocenters. The summed E-state index contributed by atoms with van der Waals surface area (Å²) in [6.45, 7) is 2.32. The van der Waals surface area contributed by atoms with E-state index in [9.17, 15) is 9.18 Å². The average Bonchev–Trinajstić information content (AvgIpc) is 2.72. The monoisotopic (exact) mass is 368 g/mol. The molecule has 0 N–H and O–H groups in total. The van der Waals surface area contributed by atoms with Crippen LogP contribution in [-0.4, -0.2) is 13.1 Å². The maximum Gasteiger partial charge on any atom is 0.337 e. The Morgan fingerprint density at radius 1 is 1.07 bits per heavy atom. The minimum atomic E-state index is -0.429. The van der Waals surface area contributed by atoms with Crippen LogP contribution in [0.5, 0.6) is 0 Å². The van der Waals surface area contributed by atoms with E-state index in [0.29, 0.717) is 16.9 Å². The summed E-state index contributed by atoms with van der Waals surface area (Å²) in [5.74, 6) is 2.42. The van der Waals surface area contributed by atoms with E-state index in [1.807, 2.05) is 6.07 Å². The third-order valence-electron chi connectivity index (χ3n) is 7.12. The Kier molecular flexibility index (Phi) is 5.21. The number of halogens is 1. The second-order valence-electron chi connectivity index (χ2n) is 8.55. The van der Waals surface area contributed by atoms with Crippen molar-refractivity contribution in [3.63, 3.8) is 0 Å². The van der Waals surface area contributed by atoms with Crippen LogP contribution >= 0.6 is 0 Å². The number of rotatable bonds is 3. The van der Waals surface area contributed by atoms with Crippen LogP contribution in [0, 0.1) is 23.6 Å². The topological polar surface area (TPSA) is 26.3 Å². The first-order chi connectivity index (χ1) is 13.1. The highest BCUT2D eigenvalue weighted by Crippen LogP contribution is 2.48. The number of ether oxygens (including phenoxy) is 1. The highest BCUT2D eigenvalue weighted by atomic mass is 19.1. The molecular weight excluding hydrogens is 339 g/mol. The molecule has 0 spiro atoms. The summed E-state index contributed by atoms with van der Waals surface area (Å²) in [5, 5.41) is 1.37. The third-order valence-corrected chi connectivity index (χ3v) is 7.12. The van der Waals surface area contributed by atoms with Gasteiger partial charge in [-0.25, -0.2) is 9.18 Å².